The Balaban J connectivity index is 1.53. The van der Waals surface area contributed by atoms with Gasteiger partial charge in [0, 0.05) is 22.7 Å². The third-order valence-corrected chi connectivity index (χ3v) is 7.02. The summed E-state index contributed by atoms with van der Waals surface area (Å²) >= 11 is 1.05. The summed E-state index contributed by atoms with van der Waals surface area (Å²) in [6.07, 6.45) is 0. The van der Waals surface area contributed by atoms with Crippen molar-refractivity contribution in [2.24, 2.45) is 0 Å². The van der Waals surface area contributed by atoms with Gasteiger partial charge in [-0.1, -0.05) is 36.4 Å². The minimum atomic E-state index is -3.60. The molecule has 1 N–H and O–H groups in total. The molecule has 1 heterocycles. The van der Waals surface area contributed by atoms with Crippen LogP contribution in [0.1, 0.15) is 15.9 Å². The molecule has 7 nitrogen and oxygen atoms in total. The summed E-state index contributed by atoms with van der Waals surface area (Å²) in [6.45, 7) is 0. The molecule has 0 atom stereocenters. The van der Waals surface area contributed by atoms with Gasteiger partial charge in [-0.2, -0.15) is 9.36 Å². The molecule has 0 unspecified atom stereocenters. The summed E-state index contributed by atoms with van der Waals surface area (Å²) in [5, 5.41) is 3.04. The Hall–Kier alpha value is -3.56. The maximum Gasteiger partial charge on any atom is 0.257 e. The molecule has 0 fully saturated rings. The van der Waals surface area contributed by atoms with E-state index in [4.69, 9.17) is 4.74 Å². The summed E-state index contributed by atoms with van der Waals surface area (Å²) in [6, 6.07) is 22.1. The van der Waals surface area contributed by atoms with Crippen molar-refractivity contribution in [2.45, 2.75) is 10.6 Å². The normalized spacial score (nSPS) is 11.2. The molecule has 0 bridgehead atoms. The standard InChI is InChI=1S/C23H19N3O4S2/c1-30-18-13-11-16(12-14-18)21-24-23(31-26-21)25-22(27)20-10-6-5-7-17(20)15-32(28,29)19-8-3-2-4-9-19/h2-14H,15H2,1H3,(H,24,25,26,27). The Morgan fingerprint density at radius 2 is 1.66 bits per heavy atom. The molecule has 3 aromatic carbocycles. The number of carbonyl (C=O) groups is 1. The second kappa shape index (κ2) is 9.29. The van der Waals surface area contributed by atoms with Crippen LogP contribution in [0.4, 0.5) is 5.13 Å². The van der Waals surface area contributed by atoms with Gasteiger partial charge in [-0.25, -0.2) is 8.42 Å². The molecule has 0 aliphatic rings. The smallest absolute Gasteiger partial charge is 0.257 e. The van der Waals surface area contributed by atoms with Gasteiger partial charge < -0.3 is 4.74 Å². The number of ether oxygens (including phenoxy) is 1. The number of carbonyl (C=O) groups excluding carboxylic acids is 1. The van der Waals surface area contributed by atoms with E-state index in [0.717, 1.165) is 22.8 Å². The molecule has 1 amide bonds. The van der Waals surface area contributed by atoms with Crippen LogP contribution in [-0.4, -0.2) is 30.8 Å². The summed E-state index contributed by atoms with van der Waals surface area (Å²) in [5.74, 6) is 0.474. The van der Waals surface area contributed by atoms with Crippen LogP contribution in [0.5, 0.6) is 5.75 Å². The van der Waals surface area contributed by atoms with Gasteiger partial charge in [0.2, 0.25) is 5.13 Å². The molecule has 4 aromatic rings. The molecule has 0 aliphatic carbocycles. The van der Waals surface area contributed by atoms with Gasteiger partial charge in [-0.05, 0) is 48.0 Å². The van der Waals surface area contributed by atoms with E-state index in [1.165, 1.54) is 0 Å². The SMILES string of the molecule is COc1ccc(-c2nsc(NC(=O)c3ccccc3CS(=O)(=O)c3ccccc3)n2)cc1. The molecule has 4 rings (SSSR count). The lowest BCUT2D eigenvalue weighted by atomic mass is 10.1. The van der Waals surface area contributed by atoms with Crippen molar-refractivity contribution in [3.63, 3.8) is 0 Å². The first-order chi connectivity index (χ1) is 15.5. The molecule has 0 saturated carbocycles. The lowest BCUT2D eigenvalue weighted by Crippen LogP contribution is -2.16. The number of sulfone groups is 1. The number of amides is 1. The fraction of sp³-hybridized carbons (Fsp3) is 0.0870. The maximum absolute atomic E-state index is 12.9. The highest BCUT2D eigenvalue weighted by molar-refractivity contribution is 7.90. The van der Waals surface area contributed by atoms with Crippen molar-refractivity contribution >= 4 is 32.4 Å². The first-order valence-corrected chi connectivity index (χ1v) is 12.0. The van der Waals surface area contributed by atoms with Gasteiger partial charge in [0.25, 0.3) is 5.91 Å². The number of hydrogen-bond donors (Lipinski definition) is 1. The molecule has 0 saturated heterocycles. The maximum atomic E-state index is 12.9. The quantitative estimate of drug-likeness (QED) is 0.433. The summed E-state index contributed by atoms with van der Waals surface area (Å²) in [4.78, 5) is 17.5. The molecular formula is C23H19N3O4S2. The minimum absolute atomic E-state index is 0.212. The number of nitrogens with zero attached hydrogens (tertiary/aromatic N) is 2. The first kappa shape index (κ1) is 21.7. The molecule has 32 heavy (non-hydrogen) atoms. The van der Waals surface area contributed by atoms with Crippen LogP contribution in [0.25, 0.3) is 11.4 Å². The second-order valence-corrected chi connectivity index (χ2v) is 9.58. The minimum Gasteiger partial charge on any atom is -0.497 e. The number of benzene rings is 3. The van der Waals surface area contributed by atoms with Gasteiger partial charge >= 0.3 is 0 Å². The van der Waals surface area contributed by atoms with Crippen molar-refractivity contribution in [1.29, 1.82) is 0 Å². The Morgan fingerprint density at radius 1 is 0.969 bits per heavy atom. The van der Waals surface area contributed by atoms with Crippen LogP contribution in [0.3, 0.4) is 0 Å². The second-order valence-electron chi connectivity index (χ2n) is 6.84. The fourth-order valence-electron chi connectivity index (χ4n) is 3.08. The lowest BCUT2D eigenvalue weighted by molar-refractivity contribution is 0.102. The van der Waals surface area contributed by atoms with Crippen LogP contribution < -0.4 is 10.1 Å². The van der Waals surface area contributed by atoms with E-state index in [1.54, 1.807) is 73.8 Å². The zero-order valence-electron chi connectivity index (χ0n) is 17.1. The zero-order valence-corrected chi connectivity index (χ0v) is 18.7. The number of nitrogens with one attached hydrogen (secondary N) is 1. The van der Waals surface area contributed by atoms with Crippen molar-refractivity contribution in [1.82, 2.24) is 9.36 Å². The van der Waals surface area contributed by atoms with E-state index < -0.39 is 15.7 Å². The van der Waals surface area contributed by atoms with Crippen molar-refractivity contribution in [3.05, 3.63) is 90.0 Å². The van der Waals surface area contributed by atoms with Crippen LogP contribution in [0, 0.1) is 0 Å². The van der Waals surface area contributed by atoms with Gasteiger partial charge in [0.1, 0.15) is 5.75 Å². The number of rotatable bonds is 7. The highest BCUT2D eigenvalue weighted by Gasteiger charge is 2.20. The Labute approximate surface area is 189 Å². The average Bonchev–Trinajstić information content (AvgIpc) is 3.28. The van der Waals surface area contributed by atoms with E-state index in [1.807, 2.05) is 12.1 Å². The van der Waals surface area contributed by atoms with Crippen molar-refractivity contribution in [3.8, 4) is 17.1 Å². The van der Waals surface area contributed by atoms with Crippen LogP contribution in [0.15, 0.2) is 83.8 Å². The van der Waals surface area contributed by atoms with E-state index >= 15 is 0 Å². The predicted molar refractivity (Wildman–Crippen MR) is 124 cm³/mol. The average molecular weight is 466 g/mol. The topological polar surface area (TPSA) is 98.2 Å². The van der Waals surface area contributed by atoms with E-state index in [9.17, 15) is 13.2 Å². The molecule has 162 valence electrons. The number of aromatic nitrogens is 2. The Bertz CT molecular complexity index is 1340. The summed E-state index contributed by atoms with van der Waals surface area (Å²) < 4.78 is 35.0. The predicted octanol–water partition coefficient (Wildman–Crippen LogP) is 4.44. The molecule has 0 radical (unpaired) electrons. The number of methoxy groups -OCH3 is 1. The zero-order chi connectivity index (χ0) is 22.6. The van der Waals surface area contributed by atoms with Crippen LogP contribution in [0.2, 0.25) is 0 Å². The number of anilines is 1. The number of hydrogen-bond acceptors (Lipinski definition) is 7. The Morgan fingerprint density at radius 3 is 2.38 bits per heavy atom. The van der Waals surface area contributed by atoms with Crippen LogP contribution in [-0.2, 0) is 15.6 Å². The first-order valence-electron chi connectivity index (χ1n) is 9.61. The van der Waals surface area contributed by atoms with Gasteiger partial charge in [0.15, 0.2) is 15.7 Å². The highest BCUT2D eigenvalue weighted by atomic mass is 32.2. The molecule has 9 heteroatoms. The van der Waals surface area contributed by atoms with Crippen molar-refractivity contribution in [2.75, 3.05) is 12.4 Å². The van der Waals surface area contributed by atoms with E-state index in [0.29, 0.717) is 16.5 Å². The molecular weight excluding hydrogens is 446 g/mol. The lowest BCUT2D eigenvalue weighted by Gasteiger charge is -2.10. The molecule has 1 aromatic heterocycles. The fourth-order valence-corrected chi connectivity index (χ4v) is 5.06. The molecule has 0 spiro atoms. The van der Waals surface area contributed by atoms with Crippen LogP contribution >= 0.6 is 11.5 Å². The van der Waals surface area contributed by atoms with Gasteiger partial charge in [0.05, 0.1) is 17.8 Å². The van der Waals surface area contributed by atoms with E-state index in [2.05, 4.69) is 14.7 Å². The Kier molecular flexibility index (Phi) is 6.29. The van der Waals surface area contributed by atoms with Crippen molar-refractivity contribution < 1.29 is 17.9 Å². The summed E-state index contributed by atoms with van der Waals surface area (Å²) in [7, 11) is -2.01. The monoisotopic (exact) mass is 465 g/mol. The summed E-state index contributed by atoms with van der Waals surface area (Å²) in [5.41, 5.74) is 1.47. The molecule has 0 aliphatic heterocycles. The van der Waals surface area contributed by atoms with Gasteiger partial charge in [-0.15, -0.1) is 0 Å². The third kappa shape index (κ3) is 4.84. The van der Waals surface area contributed by atoms with E-state index in [-0.39, 0.29) is 16.2 Å². The third-order valence-electron chi connectivity index (χ3n) is 4.70. The largest absolute Gasteiger partial charge is 0.497 e. The highest BCUT2D eigenvalue weighted by Crippen LogP contribution is 2.25. The van der Waals surface area contributed by atoms with Gasteiger partial charge in [-0.3, -0.25) is 10.1 Å².